The first kappa shape index (κ1) is 104. The molecule has 0 fully saturated rings. The van der Waals surface area contributed by atoms with Gasteiger partial charge in [-0.2, -0.15) is 26.3 Å². The zero-order chi connectivity index (χ0) is 96.9. The Balaban J connectivity index is 0.000000192. The van der Waals surface area contributed by atoms with Crippen LogP contribution < -0.4 is 31.9 Å². The van der Waals surface area contributed by atoms with Gasteiger partial charge in [-0.3, -0.25) is 24.0 Å². The van der Waals surface area contributed by atoms with Gasteiger partial charge in [0.1, 0.15) is 148 Å². The average Bonchev–Trinajstić information content (AvgIpc) is 1.71. The van der Waals surface area contributed by atoms with E-state index in [9.17, 15) is 53.8 Å². The summed E-state index contributed by atoms with van der Waals surface area (Å²) in [4.78, 5) is 70.6. The standard InChI is InChI=1S/C23H25N3O6.C22H24N4O4.C20H21FN2O5.C19H17N3O3.C15H11FN2O3/c24-14-17(23(28)26-22-15-25-21-4-2-1-3-20(21)22)13-18-5-6-19(32-18)16-31-12-11-30-10-9-29-8-7-27;23-14-17(13-18-5-6-21(30-18)24-9-11-29-12-10-27)22(28)25-8-7-16-15-26-20-4-2-1-3-19(16)20;1-25-8-9-26-10-11-27-14-19-7-6-18(28-19)12-15(13-22)20(24)23-17-4-2-16(21)3-5-17;20-10-14(9-15-5-6-16(12-23)25-15)19(24)21-8-7-13-11-22-18-4-2-1-3-17(13)18;16-11-1-3-12(4-2-11)18-15(20)10(8-17)7-13-5-6-14(9-19)21-13/h1-6,13,15,25,27H,7-12,16H2,(H,26,28);1-6,13,15,24,26-27H,7-12H2,(H,25,28);2-7,12H,8-11,14H2,1H3,(H,23,24);1-6,9,11,22-23H,7-8,12H2,(H,21,24);1-7,19H,9H2,(H,18,20)/b2*17-13+;15-12+;14-9+;10-7-. The van der Waals surface area contributed by atoms with Crippen LogP contribution in [0.1, 0.15) is 63.0 Å². The van der Waals surface area contributed by atoms with Gasteiger partial charge < -0.3 is 123 Å². The van der Waals surface area contributed by atoms with E-state index < -0.39 is 41.2 Å². The summed E-state index contributed by atoms with van der Waals surface area (Å²) in [5.74, 6) is 0.598. The normalized spacial score (nSPS) is 11.4. The summed E-state index contributed by atoms with van der Waals surface area (Å²) in [6, 6.07) is 59.6. The molecule has 0 aliphatic carbocycles. The molecule has 704 valence electrons. The van der Waals surface area contributed by atoms with Gasteiger partial charge in [-0.1, -0.05) is 54.6 Å². The van der Waals surface area contributed by atoms with Crippen LogP contribution in [-0.4, -0.2) is 178 Å². The summed E-state index contributed by atoms with van der Waals surface area (Å²) in [5.41, 5.74) is 6.12. The van der Waals surface area contributed by atoms with E-state index in [2.05, 4.69) is 46.9 Å². The predicted molar refractivity (Wildman–Crippen MR) is 497 cm³/mol. The molecule has 0 saturated heterocycles. The van der Waals surface area contributed by atoms with Gasteiger partial charge >= 0.3 is 0 Å². The summed E-state index contributed by atoms with van der Waals surface area (Å²) in [6.45, 7) is 5.83. The number of para-hydroxylation sites is 3. The maximum absolute atomic E-state index is 12.9. The number of furan rings is 5. The maximum atomic E-state index is 12.9. The number of aliphatic hydroxyl groups excluding tert-OH is 4. The van der Waals surface area contributed by atoms with Crippen molar-refractivity contribution in [2.75, 3.05) is 134 Å². The summed E-state index contributed by atoms with van der Waals surface area (Å²) in [6.07, 6.45) is 13.6. The van der Waals surface area contributed by atoms with Gasteiger partial charge in [0.15, 0.2) is 5.88 Å². The molecule has 0 spiro atoms. The van der Waals surface area contributed by atoms with Crippen molar-refractivity contribution in [1.82, 2.24) is 25.6 Å². The molecule has 0 saturated carbocycles. The van der Waals surface area contributed by atoms with E-state index in [1.165, 1.54) is 85.0 Å². The number of aliphatic hydroxyl groups is 4. The van der Waals surface area contributed by atoms with E-state index in [4.69, 9.17) is 80.9 Å². The number of anilines is 4. The highest BCUT2D eigenvalue weighted by molar-refractivity contribution is 6.13. The van der Waals surface area contributed by atoms with E-state index in [-0.39, 0.29) is 79.9 Å². The van der Waals surface area contributed by atoms with Gasteiger partial charge in [-0.25, -0.2) is 8.78 Å². The minimum Gasteiger partial charge on any atom is -0.459 e. The second-order valence-corrected chi connectivity index (χ2v) is 28.4. The molecule has 5 amide bonds. The van der Waals surface area contributed by atoms with Crippen molar-refractivity contribution in [1.29, 1.82) is 26.3 Å². The Morgan fingerprint density at radius 1 is 0.360 bits per heavy atom. The second kappa shape index (κ2) is 57.9. The highest BCUT2D eigenvalue weighted by Crippen LogP contribution is 2.27. The van der Waals surface area contributed by atoms with Crippen LogP contribution in [0.15, 0.2) is 251 Å². The Bertz CT molecular complexity index is 6390. The molecule has 8 heterocycles. The molecular weight excluding hydrogens is 1760 g/mol. The fourth-order valence-corrected chi connectivity index (χ4v) is 12.1. The molecule has 13 N–H and O–H groups in total. The number of hydrogen-bond acceptors (Lipinski definition) is 27. The molecule has 136 heavy (non-hydrogen) atoms. The number of aromatic amines is 3. The molecule has 13 aromatic rings. The van der Waals surface area contributed by atoms with Gasteiger partial charge in [0.2, 0.25) is 0 Å². The number of ether oxygens (including phenoxy) is 7. The zero-order valence-corrected chi connectivity index (χ0v) is 73.7. The number of nitrogens with one attached hydrogen (secondary N) is 9. The van der Waals surface area contributed by atoms with Gasteiger partial charge in [-0.05, 0) is 145 Å². The molecule has 0 aliphatic heterocycles. The molecule has 0 atom stereocenters. The third kappa shape index (κ3) is 35.2. The van der Waals surface area contributed by atoms with Crippen molar-refractivity contribution in [3.8, 4) is 30.3 Å². The summed E-state index contributed by atoms with van der Waals surface area (Å²) < 4.78 is 89.4. The Morgan fingerprint density at radius 3 is 1.10 bits per heavy atom. The van der Waals surface area contributed by atoms with Crippen LogP contribution in [0.5, 0.6) is 0 Å². The molecule has 0 unspecified atom stereocenters. The molecule has 0 aliphatic rings. The first-order valence-electron chi connectivity index (χ1n) is 42.2. The quantitative estimate of drug-likeness (QED) is 0.00957. The number of amides is 5. The molecule has 8 aromatic heterocycles. The largest absolute Gasteiger partial charge is 0.459 e. The van der Waals surface area contributed by atoms with Crippen LogP contribution in [0, 0.1) is 68.3 Å². The van der Waals surface area contributed by atoms with Crippen molar-refractivity contribution in [2.24, 2.45) is 0 Å². The highest BCUT2D eigenvalue weighted by atomic mass is 19.1. The monoisotopic (exact) mass is 1860 g/mol. The minimum atomic E-state index is -0.633. The Morgan fingerprint density at radius 2 is 0.699 bits per heavy atom. The molecule has 0 radical (unpaired) electrons. The van der Waals surface area contributed by atoms with E-state index >= 15 is 0 Å². The number of hydrogen-bond donors (Lipinski definition) is 13. The predicted octanol–water partition coefficient (Wildman–Crippen LogP) is 13.4. The number of aromatic nitrogens is 3. The lowest BCUT2D eigenvalue weighted by atomic mass is 10.1. The fourth-order valence-electron chi connectivity index (χ4n) is 12.1. The number of H-pyrrole nitrogens is 3. The molecule has 13 rings (SSSR count). The number of nitriles is 5. The molecule has 0 bridgehead atoms. The van der Waals surface area contributed by atoms with Gasteiger partial charge in [0, 0.05) is 126 Å². The Hall–Kier alpha value is -16.2. The van der Waals surface area contributed by atoms with Crippen LogP contribution in [0.3, 0.4) is 0 Å². The number of rotatable bonds is 45. The van der Waals surface area contributed by atoms with Crippen LogP contribution in [-0.2, 0) is 96.4 Å². The van der Waals surface area contributed by atoms with Crippen LogP contribution in [0.25, 0.3) is 63.1 Å². The third-order valence-corrected chi connectivity index (χ3v) is 18.7. The molecule has 5 aromatic carbocycles. The third-order valence-electron chi connectivity index (χ3n) is 18.7. The molecule has 35 nitrogen and oxygen atoms in total. The number of fused-ring (bicyclic) bond motifs is 3. The second-order valence-electron chi connectivity index (χ2n) is 28.4. The van der Waals surface area contributed by atoms with Crippen LogP contribution >= 0.6 is 0 Å². The fraction of sp³-hybridized carbons (Fsp3) is 0.232. The highest BCUT2D eigenvalue weighted by Gasteiger charge is 2.19. The zero-order valence-electron chi connectivity index (χ0n) is 73.7. The van der Waals surface area contributed by atoms with Gasteiger partial charge in [0.05, 0.1) is 91.6 Å². The number of methoxy groups -OCH3 is 1. The van der Waals surface area contributed by atoms with Crippen molar-refractivity contribution in [3.63, 3.8) is 0 Å². The first-order chi connectivity index (χ1) is 66.4. The number of carbonyl (C=O) groups is 5. The number of nitrogens with zero attached hydrogens (tertiary/aromatic N) is 5. The lowest BCUT2D eigenvalue weighted by Crippen LogP contribution is -2.26. The number of carbonyl (C=O) groups excluding carboxylic acids is 5. The topological polar surface area (TPSA) is 535 Å². The van der Waals surface area contributed by atoms with Gasteiger partial charge in [-0.15, -0.1) is 0 Å². The average molecular weight is 1860 g/mol. The van der Waals surface area contributed by atoms with E-state index in [1.54, 1.807) is 74.0 Å². The lowest BCUT2D eigenvalue weighted by Gasteiger charge is -2.05. The molecule has 37 heteroatoms. The van der Waals surface area contributed by atoms with E-state index in [1.807, 2.05) is 109 Å². The van der Waals surface area contributed by atoms with Gasteiger partial charge in [0.25, 0.3) is 29.5 Å². The van der Waals surface area contributed by atoms with Crippen molar-refractivity contribution >= 4 is 116 Å². The summed E-state index contributed by atoms with van der Waals surface area (Å²) in [7, 11) is 1.60. The van der Waals surface area contributed by atoms with E-state index in [0.29, 0.717) is 168 Å². The SMILES string of the molecule is COCCOCCOCc1ccc(/C=C(\C#N)C(=O)Nc2ccc(F)cc2)o1.N#C/C(=C/c1ccc(CO)o1)C(=O)Nc1ccc(F)cc1.N#C/C(=C\c1ccc(CO)o1)C(=O)NCCc1c[nH]c2ccccc12.N#C/C(=C\c1ccc(COCCOCCOCCO)o1)C(=O)Nc1c[nH]c2ccccc12.N#C/C(=C\c1ccc(NCCOCCO)o1)C(=O)NCCc1c[nH]c2ccccc12. The summed E-state index contributed by atoms with van der Waals surface area (Å²) in [5, 5.41) is 101. The van der Waals surface area contributed by atoms with E-state index in [0.717, 1.165) is 43.8 Å². The lowest BCUT2D eigenvalue weighted by molar-refractivity contribution is -0.117. The van der Waals surface area contributed by atoms with Crippen molar-refractivity contribution in [2.45, 2.75) is 39.3 Å². The molecular formula is C99H98F2N14O21. The first-order valence-corrected chi connectivity index (χ1v) is 42.2. The number of benzene rings is 5. The van der Waals surface area contributed by atoms with Crippen LogP contribution in [0.2, 0.25) is 0 Å². The Kier molecular flexibility index (Phi) is 44.1. The number of halogens is 2. The minimum absolute atomic E-state index is 0.00589. The smallest absolute Gasteiger partial charge is 0.266 e. The maximum Gasteiger partial charge on any atom is 0.266 e. The van der Waals surface area contributed by atoms with Crippen molar-refractivity contribution in [3.05, 3.63) is 303 Å². The Labute approximate surface area is 778 Å². The summed E-state index contributed by atoms with van der Waals surface area (Å²) >= 11 is 0. The van der Waals surface area contributed by atoms with Crippen LogP contribution in [0.4, 0.5) is 31.7 Å². The van der Waals surface area contributed by atoms with Crippen molar-refractivity contribution < 1.29 is 108 Å².